The molecular weight excluding hydrogens is 395 g/mol. The number of alkyl halides is 3. The number of rotatable bonds is 6. The molecule has 0 heterocycles. The van der Waals surface area contributed by atoms with E-state index in [0.717, 1.165) is 30.7 Å². The van der Waals surface area contributed by atoms with Crippen molar-refractivity contribution in [3.05, 3.63) is 35.4 Å². The van der Waals surface area contributed by atoms with Crippen LogP contribution in [0.25, 0.3) is 0 Å². The zero-order valence-electron chi connectivity index (χ0n) is 15.7. The summed E-state index contributed by atoms with van der Waals surface area (Å²) in [4.78, 5) is 12.5. The lowest BCUT2D eigenvalue weighted by Gasteiger charge is -2.36. The minimum Gasteiger partial charge on any atom is -0.387 e. The molecule has 2 aliphatic rings. The highest BCUT2D eigenvalue weighted by Gasteiger charge is 2.65. The van der Waals surface area contributed by atoms with Crippen LogP contribution in [0.15, 0.2) is 24.3 Å². The number of carbonyl (C=O) groups excluding carboxylic acids is 1. The topological polar surface area (TPSA) is 83.5 Å². The van der Waals surface area contributed by atoms with Gasteiger partial charge in [-0.05, 0) is 41.9 Å². The largest absolute Gasteiger partial charge is 0.416 e. The number of aliphatic hydroxyl groups excluding tert-OH is 1. The van der Waals surface area contributed by atoms with E-state index in [9.17, 15) is 31.5 Å². The van der Waals surface area contributed by atoms with Crippen LogP contribution >= 0.6 is 0 Å². The first kappa shape index (κ1) is 21.3. The van der Waals surface area contributed by atoms with Crippen LogP contribution in [0.3, 0.4) is 0 Å². The van der Waals surface area contributed by atoms with Crippen LogP contribution in [-0.4, -0.2) is 31.6 Å². The molecule has 1 aromatic carbocycles. The molecule has 0 spiro atoms. The zero-order valence-corrected chi connectivity index (χ0v) is 16.5. The molecule has 0 aromatic heterocycles. The molecule has 2 N–H and O–H groups in total. The number of aliphatic hydroxyl groups is 1. The monoisotopic (exact) mass is 419 g/mol. The van der Waals surface area contributed by atoms with Crippen molar-refractivity contribution in [2.75, 3.05) is 12.3 Å². The van der Waals surface area contributed by atoms with E-state index in [-0.39, 0.29) is 29.6 Å². The van der Waals surface area contributed by atoms with Crippen molar-refractivity contribution < 1.29 is 31.5 Å². The number of hydrogen-bond acceptors (Lipinski definition) is 4. The van der Waals surface area contributed by atoms with E-state index in [4.69, 9.17) is 0 Å². The predicted molar refractivity (Wildman–Crippen MR) is 96.8 cm³/mol. The van der Waals surface area contributed by atoms with Gasteiger partial charge in [-0.2, -0.15) is 13.2 Å². The first-order chi connectivity index (χ1) is 12.8. The summed E-state index contributed by atoms with van der Waals surface area (Å²) < 4.78 is 65.3. The fourth-order valence-electron chi connectivity index (χ4n) is 4.70. The second-order valence-electron chi connectivity index (χ2n) is 8.41. The van der Waals surface area contributed by atoms with Gasteiger partial charge in [0, 0.05) is 18.4 Å². The summed E-state index contributed by atoms with van der Waals surface area (Å²) >= 11 is 0. The lowest BCUT2D eigenvalue weighted by Crippen LogP contribution is -2.45. The SMILES string of the molecule is CC1(C)C2CCC1(CS(=O)(=O)NCC(O)c1ccc(C(F)(F)F)cc1)C(=O)C2. The number of halogens is 3. The molecular formula is C19H24F3NO4S. The minimum absolute atomic E-state index is 0.0255. The highest BCUT2D eigenvalue weighted by Crippen LogP contribution is 2.64. The molecule has 2 bridgehead atoms. The smallest absolute Gasteiger partial charge is 0.387 e. The number of carbonyl (C=O) groups is 1. The Morgan fingerprint density at radius 1 is 1.25 bits per heavy atom. The van der Waals surface area contributed by atoms with E-state index >= 15 is 0 Å². The molecule has 0 amide bonds. The standard InChI is InChI=1S/C19H24F3NO4S/c1-17(2)14-7-8-18(17,16(25)9-14)11-28(26,27)23-10-15(24)12-3-5-13(6-4-12)19(20,21)22/h3-6,14-15,23-24H,7-11H2,1-2H3. The Morgan fingerprint density at radius 2 is 1.86 bits per heavy atom. The van der Waals surface area contributed by atoms with Crippen molar-refractivity contribution in [2.24, 2.45) is 16.7 Å². The van der Waals surface area contributed by atoms with Gasteiger partial charge in [-0.15, -0.1) is 0 Å². The lowest BCUT2D eigenvalue weighted by atomic mass is 9.70. The number of fused-ring (bicyclic) bond motifs is 2. The number of nitrogens with one attached hydrogen (secondary N) is 1. The first-order valence-electron chi connectivity index (χ1n) is 9.14. The van der Waals surface area contributed by atoms with E-state index in [0.29, 0.717) is 12.8 Å². The molecule has 2 aliphatic carbocycles. The van der Waals surface area contributed by atoms with Crippen molar-refractivity contribution in [3.63, 3.8) is 0 Å². The van der Waals surface area contributed by atoms with Crippen molar-refractivity contribution in [3.8, 4) is 0 Å². The summed E-state index contributed by atoms with van der Waals surface area (Å²) in [6.45, 7) is 3.49. The molecule has 3 unspecified atom stereocenters. The van der Waals surface area contributed by atoms with E-state index in [1.54, 1.807) is 0 Å². The summed E-state index contributed by atoms with van der Waals surface area (Å²) in [6.07, 6.45) is -4.02. The van der Waals surface area contributed by atoms with Crippen LogP contribution in [-0.2, 0) is 21.0 Å². The number of benzene rings is 1. The van der Waals surface area contributed by atoms with Gasteiger partial charge in [-0.1, -0.05) is 26.0 Å². The zero-order chi connectivity index (χ0) is 21.0. The summed E-state index contributed by atoms with van der Waals surface area (Å²) in [5, 5.41) is 10.1. The van der Waals surface area contributed by atoms with Gasteiger partial charge < -0.3 is 5.11 Å². The third-order valence-corrected chi connectivity index (χ3v) is 8.17. The quantitative estimate of drug-likeness (QED) is 0.742. The van der Waals surface area contributed by atoms with Crippen molar-refractivity contribution in [1.29, 1.82) is 0 Å². The minimum atomic E-state index is -4.48. The molecule has 9 heteroatoms. The fourth-order valence-corrected chi connectivity index (χ4v) is 6.54. The summed E-state index contributed by atoms with van der Waals surface area (Å²) in [5.74, 6) is -0.169. The Morgan fingerprint density at radius 3 is 2.32 bits per heavy atom. The Bertz CT molecular complexity index is 864. The molecule has 0 saturated heterocycles. The van der Waals surface area contributed by atoms with Gasteiger partial charge in [0.1, 0.15) is 5.78 Å². The Balaban J connectivity index is 1.66. The van der Waals surface area contributed by atoms with E-state index in [1.165, 1.54) is 0 Å². The number of sulfonamides is 1. The second-order valence-corrected chi connectivity index (χ2v) is 10.2. The molecule has 1 aromatic rings. The van der Waals surface area contributed by atoms with Crippen molar-refractivity contribution in [2.45, 2.75) is 45.4 Å². The average Bonchev–Trinajstić information content (AvgIpc) is 2.93. The maximum Gasteiger partial charge on any atom is 0.416 e. The summed E-state index contributed by atoms with van der Waals surface area (Å²) in [7, 11) is -3.86. The van der Waals surface area contributed by atoms with Gasteiger partial charge in [-0.3, -0.25) is 4.79 Å². The van der Waals surface area contributed by atoms with Gasteiger partial charge in [-0.25, -0.2) is 13.1 Å². The summed E-state index contributed by atoms with van der Waals surface area (Å²) in [5.41, 5.74) is -1.99. The molecule has 156 valence electrons. The third kappa shape index (κ3) is 3.59. The molecule has 28 heavy (non-hydrogen) atoms. The van der Waals surface area contributed by atoms with Crippen LogP contribution in [0.5, 0.6) is 0 Å². The Hall–Kier alpha value is -1.45. The normalized spacial score (nSPS) is 27.9. The van der Waals surface area contributed by atoms with Crippen molar-refractivity contribution >= 4 is 15.8 Å². The number of ketones is 1. The number of hydrogen-bond donors (Lipinski definition) is 2. The Labute approximate surface area is 162 Å². The molecule has 0 radical (unpaired) electrons. The molecule has 3 rings (SSSR count). The van der Waals surface area contributed by atoms with Crippen LogP contribution in [0, 0.1) is 16.7 Å². The average molecular weight is 419 g/mol. The van der Waals surface area contributed by atoms with Crippen LogP contribution in [0.1, 0.15) is 50.3 Å². The maximum atomic E-state index is 12.6. The molecule has 2 fully saturated rings. The maximum absolute atomic E-state index is 12.6. The third-order valence-electron chi connectivity index (χ3n) is 6.69. The van der Waals surface area contributed by atoms with Crippen LogP contribution in [0.4, 0.5) is 13.2 Å². The molecule has 2 saturated carbocycles. The van der Waals surface area contributed by atoms with Gasteiger partial charge >= 0.3 is 6.18 Å². The fraction of sp³-hybridized carbons (Fsp3) is 0.632. The van der Waals surface area contributed by atoms with E-state index < -0.39 is 38.7 Å². The Kier molecular flexibility index (Phi) is 5.17. The van der Waals surface area contributed by atoms with E-state index in [2.05, 4.69) is 4.72 Å². The molecule has 5 nitrogen and oxygen atoms in total. The van der Waals surface area contributed by atoms with E-state index in [1.807, 2.05) is 13.8 Å². The highest BCUT2D eigenvalue weighted by atomic mass is 32.2. The molecule has 3 atom stereocenters. The lowest BCUT2D eigenvalue weighted by molar-refractivity contribution is -0.137. The van der Waals surface area contributed by atoms with Gasteiger partial charge in [0.15, 0.2) is 0 Å². The summed E-state index contributed by atoms with van der Waals surface area (Å²) in [6, 6.07) is 3.91. The van der Waals surface area contributed by atoms with Crippen LogP contribution in [0.2, 0.25) is 0 Å². The van der Waals surface area contributed by atoms with Gasteiger partial charge in [0.2, 0.25) is 10.0 Å². The van der Waals surface area contributed by atoms with Crippen molar-refractivity contribution in [1.82, 2.24) is 4.72 Å². The predicted octanol–water partition coefficient (Wildman–Crippen LogP) is 3.05. The number of Topliss-reactive ketones (excluding diaryl/α,β-unsaturated/α-hetero) is 1. The second kappa shape index (κ2) is 6.81. The van der Waals surface area contributed by atoms with Crippen LogP contribution < -0.4 is 4.72 Å². The molecule has 0 aliphatic heterocycles. The highest BCUT2D eigenvalue weighted by molar-refractivity contribution is 7.89. The van der Waals surface area contributed by atoms with Gasteiger partial charge in [0.05, 0.1) is 17.4 Å². The first-order valence-corrected chi connectivity index (χ1v) is 10.8. The van der Waals surface area contributed by atoms with Gasteiger partial charge in [0.25, 0.3) is 0 Å².